The number of anilines is 1. The van der Waals surface area contributed by atoms with Crippen LogP contribution in [0.15, 0.2) is 47.4 Å². The van der Waals surface area contributed by atoms with Gasteiger partial charge >= 0.3 is 0 Å². The predicted octanol–water partition coefficient (Wildman–Crippen LogP) is 3.59. The van der Waals surface area contributed by atoms with Crippen LogP contribution in [0.1, 0.15) is 36.2 Å². The van der Waals surface area contributed by atoms with Crippen molar-refractivity contribution in [1.82, 2.24) is 9.21 Å². The Kier molecular flexibility index (Phi) is 7.44. The molecule has 0 radical (unpaired) electrons. The van der Waals surface area contributed by atoms with E-state index in [4.69, 9.17) is 16.9 Å². The van der Waals surface area contributed by atoms with Gasteiger partial charge in [0.25, 0.3) is 5.91 Å². The summed E-state index contributed by atoms with van der Waals surface area (Å²) in [6.07, 6.45) is 0.761. The average Bonchev–Trinajstić information content (AvgIpc) is 3.04. The third kappa shape index (κ3) is 5.07. The van der Waals surface area contributed by atoms with Crippen LogP contribution in [0.3, 0.4) is 0 Å². The molecule has 0 aromatic heterocycles. The van der Waals surface area contributed by atoms with Gasteiger partial charge in [-0.05, 0) is 62.7 Å². The number of halogens is 1. The van der Waals surface area contributed by atoms with Gasteiger partial charge in [-0.1, -0.05) is 11.6 Å². The Hall–Kier alpha value is -2.60. The van der Waals surface area contributed by atoms with Crippen LogP contribution < -0.4 is 4.90 Å². The van der Waals surface area contributed by atoms with E-state index in [-0.39, 0.29) is 27.4 Å². The second-order valence-electron chi connectivity index (χ2n) is 8.05. The molecule has 0 bridgehead atoms. The molecule has 2 aromatic carbocycles. The average molecular weight is 475 g/mol. The molecule has 170 valence electrons. The number of carbonyl (C=O) groups is 1. The quantitative estimate of drug-likeness (QED) is 0.661. The Bertz CT molecular complexity index is 1130. The summed E-state index contributed by atoms with van der Waals surface area (Å²) in [6.45, 7) is 6.01. The number of amides is 1. The van der Waals surface area contributed by atoms with Crippen LogP contribution in [-0.4, -0.2) is 62.8 Å². The summed E-state index contributed by atoms with van der Waals surface area (Å²) in [4.78, 5) is 17.2. The van der Waals surface area contributed by atoms with Gasteiger partial charge < -0.3 is 9.80 Å². The van der Waals surface area contributed by atoms with E-state index in [1.807, 2.05) is 12.1 Å². The Morgan fingerprint density at radius 3 is 2.41 bits per heavy atom. The molecule has 1 heterocycles. The number of sulfonamides is 1. The van der Waals surface area contributed by atoms with Crippen molar-refractivity contribution in [2.75, 3.05) is 38.1 Å². The first-order valence-corrected chi connectivity index (χ1v) is 12.3. The van der Waals surface area contributed by atoms with Crippen molar-refractivity contribution in [2.45, 2.75) is 31.2 Å². The highest BCUT2D eigenvalue weighted by Gasteiger charge is 2.27. The number of rotatable bonds is 5. The molecule has 9 heteroatoms. The first-order valence-electron chi connectivity index (χ1n) is 10.5. The van der Waals surface area contributed by atoms with Crippen LogP contribution in [0.5, 0.6) is 0 Å². The van der Waals surface area contributed by atoms with Crippen LogP contribution in [0.25, 0.3) is 0 Å². The Balaban J connectivity index is 1.79. The van der Waals surface area contributed by atoms with Gasteiger partial charge in [-0.15, -0.1) is 0 Å². The number of nitrogens with zero attached hydrogens (tertiary/aromatic N) is 4. The fourth-order valence-corrected chi connectivity index (χ4v) is 5.16. The van der Waals surface area contributed by atoms with E-state index < -0.39 is 10.0 Å². The lowest BCUT2D eigenvalue weighted by Gasteiger charge is -2.24. The third-order valence-electron chi connectivity index (χ3n) is 5.72. The van der Waals surface area contributed by atoms with Gasteiger partial charge in [0.1, 0.15) is 0 Å². The molecule has 0 saturated carbocycles. The zero-order valence-corrected chi connectivity index (χ0v) is 20.0. The van der Waals surface area contributed by atoms with Gasteiger partial charge in [0, 0.05) is 45.0 Å². The van der Waals surface area contributed by atoms with E-state index in [0.29, 0.717) is 25.2 Å². The highest BCUT2D eigenvalue weighted by Crippen LogP contribution is 2.25. The second kappa shape index (κ2) is 9.90. The van der Waals surface area contributed by atoms with Crippen LogP contribution in [-0.2, 0) is 10.0 Å². The minimum absolute atomic E-state index is 0.0514. The standard InChI is InChI=1S/C23H27ClN4O3S/c1-17(2)26(3)32(30,31)20-9-10-22(24)21(15-20)23(29)28-12-4-11-27(13-14-28)19-7-5-18(16-25)6-8-19/h5-10,15,17H,4,11-14H2,1-3H3. The number of hydrogen-bond acceptors (Lipinski definition) is 5. The fraction of sp³-hybridized carbons (Fsp3) is 0.391. The molecule has 3 rings (SSSR count). The van der Waals surface area contributed by atoms with E-state index >= 15 is 0 Å². The molecular weight excluding hydrogens is 448 g/mol. The molecular formula is C23H27ClN4O3S. The topological polar surface area (TPSA) is 84.7 Å². The summed E-state index contributed by atoms with van der Waals surface area (Å²) in [7, 11) is -2.21. The van der Waals surface area contributed by atoms with Crippen LogP contribution in [0, 0.1) is 11.3 Å². The van der Waals surface area contributed by atoms with Crippen molar-refractivity contribution < 1.29 is 13.2 Å². The minimum Gasteiger partial charge on any atom is -0.370 e. The van der Waals surface area contributed by atoms with Crippen molar-refractivity contribution in [2.24, 2.45) is 0 Å². The molecule has 32 heavy (non-hydrogen) atoms. The Morgan fingerprint density at radius 1 is 1.09 bits per heavy atom. The normalized spacial score (nSPS) is 15.0. The zero-order valence-electron chi connectivity index (χ0n) is 18.5. The van der Waals surface area contributed by atoms with Crippen molar-refractivity contribution in [3.8, 4) is 6.07 Å². The van der Waals surface area contributed by atoms with Crippen LogP contribution >= 0.6 is 11.6 Å². The molecule has 1 saturated heterocycles. The lowest BCUT2D eigenvalue weighted by atomic mass is 10.2. The molecule has 2 aromatic rings. The SMILES string of the molecule is CC(C)N(C)S(=O)(=O)c1ccc(Cl)c(C(=O)N2CCCN(c3ccc(C#N)cc3)CC2)c1. The zero-order chi connectivity index (χ0) is 23.5. The third-order valence-corrected chi connectivity index (χ3v) is 8.08. The fourth-order valence-electron chi connectivity index (χ4n) is 3.57. The summed E-state index contributed by atoms with van der Waals surface area (Å²) in [5.74, 6) is -0.277. The molecule has 0 unspecified atom stereocenters. The molecule has 0 atom stereocenters. The summed E-state index contributed by atoms with van der Waals surface area (Å²) < 4.78 is 27.0. The first-order chi connectivity index (χ1) is 15.1. The van der Waals surface area contributed by atoms with Gasteiger partial charge in [0.2, 0.25) is 10.0 Å². The summed E-state index contributed by atoms with van der Waals surface area (Å²) >= 11 is 6.30. The van der Waals surface area contributed by atoms with E-state index in [9.17, 15) is 13.2 Å². The van der Waals surface area contributed by atoms with Gasteiger partial charge in [-0.2, -0.15) is 9.57 Å². The lowest BCUT2D eigenvalue weighted by Crippen LogP contribution is -2.36. The number of carbonyl (C=O) groups excluding carboxylic acids is 1. The second-order valence-corrected chi connectivity index (χ2v) is 10.5. The number of nitriles is 1. The van der Waals surface area contributed by atoms with Gasteiger partial charge in [-0.25, -0.2) is 8.42 Å². The maximum Gasteiger partial charge on any atom is 0.255 e. The predicted molar refractivity (Wildman–Crippen MR) is 125 cm³/mol. The van der Waals surface area contributed by atoms with Crippen molar-refractivity contribution >= 4 is 33.2 Å². The minimum atomic E-state index is -3.73. The lowest BCUT2D eigenvalue weighted by molar-refractivity contribution is 0.0767. The summed E-state index contributed by atoms with van der Waals surface area (Å²) in [6, 6.07) is 13.6. The maximum absolute atomic E-state index is 13.3. The van der Waals surface area contributed by atoms with E-state index in [1.54, 1.807) is 30.9 Å². The highest BCUT2D eigenvalue weighted by atomic mass is 35.5. The van der Waals surface area contributed by atoms with Crippen molar-refractivity contribution in [3.05, 3.63) is 58.6 Å². The molecule has 1 aliphatic rings. The van der Waals surface area contributed by atoms with Crippen molar-refractivity contribution in [3.63, 3.8) is 0 Å². The summed E-state index contributed by atoms with van der Waals surface area (Å²) in [5, 5.41) is 9.21. The molecule has 0 N–H and O–H groups in total. The van der Waals surface area contributed by atoms with E-state index in [2.05, 4.69) is 11.0 Å². The monoisotopic (exact) mass is 474 g/mol. The molecule has 0 spiro atoms. The molecule has 0 aliphatic carbocycles. The van der Waals surface area contributed by atoms with Gasteiger partial charge in [-0.3, -0.25) is 4.79 Å². The van der Waals surface area contributed by atoms with Gasteiger partial charge in [0.15, 0.2) is 0 Å². The molecule has 7 nitrogen and oxygen atoms in total. The van der Waals surface area contributed by atoms with Crippen LogP contribution in [0.4, 0.5) is 5.69 Å². The van der Waals surface area contributed by atoms with Crippen molar-refractivity contribution in [1.29, 1.82) is 5.26 Å². The number of hydrogen-bond donors (Lipinski definition) is 0. The number of benzene rings is 2. The van der Waals surface area contributed by atoms with Gasteiger partial charge in [0.05, 0.1) is 27.1 Å². The summed E-state index contributed by atoms with van der Waals surface area (Å²) in [5.41, 5.74) is 1.80. The molecule has 1 fully saturated rings. The Labute approximate surface area is 194 Å². The molecule has 1 aliphatic heterocycles. The van der Waals surface area contributed by atoms with Crippen LogP contribution in [0.2, 0.25) is 5.02 Å². The maximum atomic E-state index is 13.3. The molecule has 1 amide bonds. The highest BCUT2D eigenvalue weighted by molar-refractivity contribution is 7.89. The smallest absolute Gasteiger partial charge is 0.255 e. The van der Waals surface area contributed by atoms with E-state index in [0.717, 1.165) is 18.7 Å². The van der Waals surface area contributed by atoms with E-state index in [1.165, 1.54) is 29.6 Å². The first kappa shape index (κ1) is 24.1. The largest absolute Gasteiger partial charge is 0.370 e. The Morgan fingerprint density at radius 2 is 1.78 bits per heavy atom.